The van der Waals surface area contributed by atoms with Crippen LogP contribution in [0.3, 0.4) is 0 Å². The van der Waals surface area contributed by atoms with Gasteiger partial charge in [0.25, 0.3) is 5.91 Å². The largest absolute Gasteiger partial charge is 0.325 e. The topological polar surface area (TPSA) is 74.1 Å². The molecule has 0 radical (unpaired) electrons. The number of anilines is 1. The fourth-order valence-electron chi connectivity index (χ4n) is 4.44. The lowest BCUT2D eigenvalue weighted by atomic mass is 9.84. The van der Waals surface area contributed by atoms with Gasteiger partial charge >= 0.3 is 0 Å². The zero-order chi connectivity index (χ0) is 21.5. The molecule has 0 spiro atoms. The van der Waals surface area contributed by atoms with Crippen molar-refractivity contribution in [2.45, 2.75) is 77.8 Å². The summed E-state index contributed by atoms with van der Waals surface area (Å²) < 4.78 is 0. The second-order valence-electron chi connectivity index (χ2n) is 8.35. The summed E-state index contributed by atoms with van der Waals surface area (Å²) in [6.45, 7) is 8.10. The predicted molar refractivity (Wildman–Crippen MR) is 120 cm³/mol. The minimum absolute atomic E-state index is 0.0225. The SMILES string of the molecule is CCCN(CCC)[C@@H](C)C(=O)Nc1cccc(CC2N=NC(=O)C3=C2CCCC3)c1. The number of azo groups is 1. The zero-order valence-corrected chi connectivity index (χ0v) is 18.5. The van der Waals surface area contributed by atoms with E-state index in [-0.39, 0.29) is 23.9 Å². The van der Waals surface area contributed by atoms with E-state index in [2.05, 4.69) is 40.4 Å². The average Bonchev–Trinajstić information content (AvgIpc) is 2.75. The van der Waals surface area contributed by atoms with E-state index >= 15 is 0 Å². The van der Waals surface area contributed by atoms with E-state index in [9.17, 15) is 9.59 Å². The van der Waals surface area contributed by atoms with Crippen LogP contribution < -0.4 is 5.32 Å². The summed E-state index contributed by atoms with van der Waals surface area (Å²) in [5.74, 6) is -0.131. The maximum atomic E-state index is 12.8. The Kier molecular flexibility index (Phi) is 7.91. The summed E-state index contributed by atoms with van der Waals surface area (Å²) in [7, 11) is 0. The molecule has 2 aliphatic rings. The van der Waals surface area contributed by atoms with Crippen LogP contribution in [-0.4, -0.2) is 41.9 Å². The standard InChI is InChI=1S/C24H34N4O2/c1-4-13-28(14-5-2)17(3)23(29)25-19-10-8-9-18(15-19)16-22-20-11-6-7-12-21(20)24(30)27-26-22/h8-10,15,17,22H,4-7,11-14,16H2,1-3H3,(H,25,29)/t17-,22?/m0/s1. The summed E-state index contributed by atoms with van der Waals surface area (Å²) >= 11 is 0. The molecule has 1 aromatic carbocycles. The monoisotopic (exact) mass is 410 g/mol. The predicted octanol–water partition coefficient (Wildman–Crippen LogP) is 4.91. The smallest absolute Gasteiger partial charge is 0.291 e. The van der Waals surface area contributed by atoms with E-state index in [4.69, 9.17) is 0 Å². The molecule has 0 saturated carbocycles. The lowest BCUT2D eigenvalue weighted by Crippen LogP contribution is -2.42. The maximum Gasteiger partial charge on any atom is 0.291 e. The number of amides is 2. The number of hydrogen-bond donors (Lipinski definition) is 1. The van der Waals surface area contributed by atoms with Crippen LogP contribution in [0.1, 0.15) is 64.9 Å². The Morgan fingerprint density at radius 1 is 1.20 bits per heavy atom. The van der Waals surface area contributed by atoms with Gasteiger partial charge in [0.1, 0.15) is 0 Å². The van der Waals surface area contributed by atoms with Crippen LogP contribution in [0, 0.1) is 0 Å². The van der Waals surface area contributed by atoms with E-state index in [1.807, 2.05) is 25.1 Å². The van der Waals surface area contributed by atoms with Crippen LogP contribution in [0.15, 0.2) is 45.6 Å². The summed E-state index contributed by atoms with van der Waals surface area (Å²) in [5, 5.41) is 11.3. The number of benzene rings is 1. The average molecular weight is 411 g/mol. The molecule has 3 rings (SSSR count). The summed E-state index contributed by atoms with van der Waals surface area (Å²) in [4.78, 5) is 27.1. The molecular weight excluding hydrogens is 376 g/mol. The molecule has 30 heavy (non-hydrogen) atoms. The third kappa shape index (κ3) is 5.42. The number of carbonyl (C=O) groups is 2. The Hall–Kier alpha value is -2.34. The van der Waals surface area contributed by atoms with E-state index in [0.717, 1.165) is 68.4 Å². The van der Waals surface area contributed by atoms with Crippen LogP contribution in [0.25, 0.3) is 0 Å². The van der Waals surface area contributed by atoms with Crippen molar-refractivity contribution in [3.05, 3.63) is 41.0 Å². The molecule has 1 N–H and O–H groups in total. The summed E-state index contributed by atoms with van der Waals surface area (Å²) in [6, 6.07) is 7.73. The zero-order valence-electron chi connectivity index (χ0n) is 18.5. The first-order chi connectivity index (χ1) is 14.5. The molecule has 0 aromatic heterocycles. The lowest BCUT2D eigenvalue weighted by molar-refractivity contribution is -0.120. The number of nitrogens with zero attached hydrogens (tertiary/aromatic N) is 3. The normalized spacial score (nSPS) is 19.7. The molecule has 1 unspecified atom stereocenters. The second kappa shape index (κ2) is 10.6. The quantitative estimate of drug-likeness (QED) is 0.628. The fourth-order valence-corrected chi connectivity index (χ4v) is 4.44. The van der Waals surface area contributed by atoms with Crippen molar-refractivity contribution in [3.63, 3.8) is 0 Å². The summed E-state index contributed by atoms with van der Waals surface area (Å²) in [5.41, 5.74) is 3.94. The Morgan fingerprint density at radius 3 is 2.67 bits per heavy atom. The third-order valence-corrected chi connectivity index (χ3v) is 6.03. The van der Waals surface area contributed by atoms with Crippen molar-refractivity contribution >= 4 is 17.5 Å². The van der Waals surface area contributed by atoms with Gasteiger partial charge in [-0.2, -0.15) is 5.11 Å². The van der Waals surface area contributed by atoms with E-state index in [1.165, 1.54) is 5.57 Å². The molecule has 1 aliphatic heterocycles. The van der Waals surface area contributed by atoms with Gasteiger partial charge < -0.3 is 5.32 Å². The third-order valence-electron chi connectivity index (χ3n) is 6.03. The first kappa shape index (κ1) is 22.3. The number of nitrogens with one attached hydrogen (secondary N) is 1. The van der Waals surface area contributed by atoms with Gasteiger partial charge in [-0.1, -0.05) is 26.0 Å². The Labute approximate surface area is 179 Å². The first-order valence-electron chi connectivity index (χ1n) is 11.3. The van der Waals surface area contributed by atoms with Crippen LogP contribution in [0.4, 0.5) is 5.69 Å². The molecule has 6 heteroatoms. The van der Waals surface area contributed by atoms with Crippen molar-refractivity contribution < 1.29 is 9.59 Å². The minimum Gasteiger partial charge on any atom is -0.325 e. The highest BCUT2D eigenvalue weighted by Gasteiger charge is 2.29. The fraction of sp³-hybridized carbons (Fsp3) is 0.583. The van der Waals surface area contributed by atoms with Gasteiger partial charge in [0.05, 0.1) is 12.1 Å². The molecule has 2 atom stereocenters. The van der Waals surface area contributed by atoms with Crippen LogP contribution >= 0.6 is 0 Å². The molecule has 1 heterocycles. The van der Waals surface area contributed by atoms with Gasteiger partial charge in [0.2, 0.25) is 5.91 Å². The Bertz CT molecular complexity index is 824. The van der Waals surface area contributed by atoms with Crippen molar-refractivity contribution in [2.24, 2.45) is 10.2 Å². The van der Waals surface area contributed by atoms with Crippen LogP contribution in [-0.2, 0) is 16.0 Å². The molecule has 162 valence electrons. The molecular formula is C24H34N4O2. The number of rotatable bonds is 9. The van der Waals surface area contributed by atoms with Crippen molar-refractivity contribution in [1.29, 1.82) is 0 Å². The molecule has 0 bridgehead atoms. The molecule has 6 nitrogen and oxygen atoms in total. The molecule has 0 fully saturated rings. The molecule has 0 saturated heterocycles. The van der Waals surface area contributed by atoms with E-state index in [0.29, 0.717) is 6.42 Å². The molecule has 2 amide bonds. The van der Waals surface area contributed by atoms with Gasteiger partial charge in [0, 0.05) is 17.7 Å². The molecule has 1 aliphatic carbocycles. The van der Waals surface area contributed by atoms with Gasteiger partial charge in [0.15, 0.2) is 0 Å². The van der Waals surface area contributed by atoms with Crippen molar-refractivity contribution in [3.8, 4) is 0 Å². The Balaban J connectivity index is 1.67. The van der Waals surface area contributed by atoms with Gasteiger partial charge in [-0.15, -0.1) is 5.11 Å². The van der Waals surface area contributed by atoms with Gasteiger partial charge in [-0.05, 0) is 81.8 Å². The van der Waals surface area contributed by atoms with Crippen LogP contribution in [0.5, 0.6) is 0 Å². The Morgan fingerprint density at radius 2 is 1.93 bits per heavy atom. The maximum absolute atomic E-state index is 12.8. The van der Waals surface area contributed by atoms with Crippen molar-refractivity contribution in [1.82, 2.24) is 4.90 Å². The first-order valence-corrected chi connectivity index (χ1v) is 11.3. The highest BCUT2D eigenvalue weighted by molar-refractivity contribution is 5.96. The number of carbonyl (C=O) groups excluding carboxylic acids is 2. The van der Waals surface area contributed by atoms with E-state index < -0.39 is 0 Å². The minimum atomic E-state index is -0.165. The number of hydrogen-bond acceptors (Lipinski definition) is 4. The summed E-state index contributed by atoms with van der Waals surface area (Å²) in [6.07, 6.45) is 6.68. The highest BCUT2D eigenvalue weighted by Crippen LogP contribution is 2.33. The van der Waals surface area contributed by atoms with E-state index in [1.54, 1.807) is 0 Å². The van der Waals surface area contributed by atoms with Crippen LogP contribution in [0.2, 0.25) is 0 Å². The second-order valence-corrected chi connectivity index (χ2v) is 8.35. The molecule has 1 aromatic rings. The lowest BCUT2D eigenvalue weighted by Gasteiger charge is -2.27. The van der Waals surface area contributed by atoms with Crippen molar-refractivity contribution in [2.75, 3.05) is 18.4 Å². The highest BCUT2D eigenvalue weighted by atomic mass is 16.2. The van der Waals surface area contributed by atoms with Gasteiger partial charge in [-0.3, -0.25) is 14.5 Å². The van der Waals surface area contributed by atoms with Gasteiger partial charge in [-0.25, -0.2) is 0 Å².